The molecular formula is C11H18N4O3S. The molecule has 0 spiro atoms. The number of likely N-dealkylation sites (N-methyl/N-ethyl adjacent to an activating group) is 1. The third-order valence-electron chi connectivity index (χ3n) is 2.64. The Kier molecular flexibility index (Phi) is 4.84. The van der Waals surface area contributed by atoms with Crippen LogP contribution in [-0.2, 0) is 14.8 Å². The highest BCUT2D eigenvalue weighted by Gasteiger charge is 2.25. The molecule has 0 saturated heterocycles. The van der Waals surface area contributed by atoms with Crippen LogP contribution in [0.3, 0.4) is 0 Å². The maximum atomic E-state index is 12.1. The average molecular weight is 286 g/mol. The summed E-state index contributed by atoms with van der Waals surface area (Å²) in [5.74, 6) is -0.410. The van der Waals surface area contributed by atoms with Crippen molar-refractivity contribution < 1.29 is 13.2 Å². The van der Waals surface area contributed by atoms with Gasteiger partial charge in [-0.15, -0.1) is 0 Å². The monoisotopic (exact) mass is 286 g/mol. The molecule has 0 saturated carbocycles. The Labute approximate surface area is 112 Å². The number of pyridine rings is 1. The number of nitrogen functional groups attached to an aromatic ring is 1. The summed E-state index contributed by atoms with van der Waals surface area (Å²) in [6.45, 7) is 3.79. The second-order valence-corrected chi connectivity index (χ2v) is 5.76. The van der Waals surface area contributed by atoms with E-state index in [0.717, 1.165) is 0 Å². The van der Waals surface area contributed by atoms with Crippen molar-refractivity contribution in [2.45, 2.75) is 24.8 Å². The number of hydrogen-bond acceptors (Lipinski definition) is 5. The fourth-order valence-corrected chi connectivity index (χ4v) is 2.74. The molecule has 19 heavy (non-hydrogen) atoms. The molecule has 0 fully saturated rings. The van der Waals surface area contributed by atoms with Crippen LogP contribution in [0, 0.1) is 0 Å². The van der Waals surface area contributed by atoms with E-state index in [1.54, 1.807) is 14.0 Å². The second kappa shape index (κ2) is 5.98. The SMILES string of the molecule is CCN(C)C(=O)C(C)NS(=O)(=O)c1cccnc1N. The van der Waals surface area contributed by atoms with Crippen molar-refractivity contribution >= 4 is 21.7 Å². The minimum atomic E-state index is -3.86. The maximum Gasteiger partial charge on any atom is 0.244 e. The van der Waals surface area contributed by atoms with Gasteiger partial charge in [0.1, 0.15) is 10.7 Å². The number of amides is 1. The van der Waals surface area contributed by atoms with E-state index in [4.69, 9.17) is 5.73 Å². The molecule has 7 nitrogen and oxygen atoms in total. The Morgan fingerprint density at radius 2 is 2.21 bits per heavy atom. The molecule has 1 aromatic rings. The third kappa shape index (κ3) is 3.65. The second-order valence-electron chi connectivity index (χ2n) is 4.08. The number of carbonyl (C=O) groups is 1. The van der Waals surface area contributed by atoms with Gasteiger partial charge in [0.2, 0.25) is 15.9 Å². The first-order valence-electron chi connectivity index (χ1n) is 5.77. The summed E-state index contributed by atoms with van der Waals surface area (Å²) < 4.78 is 26.4. The van der Waals surface area contributed by atoms with Gasteiger partial charge < -0.3 is 10.6 Å². The van der Waals surface area contributed by atoms with Gasteiger partial charge in [0.15, 0.2) is 0 Å². The molecule has 0 aliphatic carbocycles. The zero-order valence-electron chi connectivity index (χ0n) is 11.1. The van der Waals surface area contributed by atoms with Gasteiger partial charge in [-0.05, 0) is 26.0 Å². The zero-order valence-corrected chi connectivity index (χ0v) is 11.9. The van der Waals surface area contributed by atoms with Crippen LogP contribution in [0.15, 0.2) is 23.2 Å². The molecule has 0 radical (unpaired) electrons. The fourth-order valence-electron chi connectivity index (χ4n) is 1.46. The normalized spacial score (nSPS) is 13.0. The van der Waals surface area contributed by atoms with Crippen molar-refractivity contribution in [3.63, 3.8) is 0 Å². The molecule has 0 bridgehead atoms. The van der Waals surface area contributed by atoms with Gasteiger partial charge in [0, 0.05) is 19.8 Å². The summed E-state index contributed by atoms with van der Waals surface area (Å²) in [5, 5.41) is 0. The molecule has 1 aromatic heterocycles. The van der Waals surface area contributed by atoms with E-state index < -0.39 is 16.1 Å². The number of sulfonamides is 1. The largest absolute Gasteiger partial charge is 0.383 e. The van der Waals surface area contributed by atoms with Crippen molar-refractivity contribution in [3.05, 3.63) is 18.3 Å². The average Bonchev–Trinajstić information content (AvgIpc) is 2.36. The number of nitrogens with two attached hydrogens (primary N) is 1. The Bertz CT molecular complexity index is 559. The highest BCUT2D eigenvalue weighted by atomic mass is 32.2. The van der Waals surface area contributed by atoms with Crippen molar-refractivity contribution in [1.82, 2.24) is 14.6 Å². The summed E-state index contributed by atoms with van der Waals surface area (Å²) in [6.07, 6.45) is 1.40. The van der Waals surface area contributed by atoms with E-state index in [9.17, 15) is 13.2 Å². The first-order chi connectivity index (χ1) is 8.79. The van der Waals surface area contributed by atoms with Crippen LogP contribution in [0.1, 0.15) is 13.8 Å². The van der Waals surface area contributed by atoms with Gasteiger partial charge in [0.05, 0.1) is 6.04 Å². The van der Waals surface area contributed by atoms with Crippen LogP contribution in [0.2, 0.25) is 0 Å². The summed E-state index contributed by atoms with van der Waals surface area (Å²) in [7, 11) is -2.26. The topological polar surface area (TPSA) is 105 Å². The molecule has 8 heteroatoms. The smallest absolute Gasteiger partial charge is 0.244 e. The molecule has 0 aliphatic heterocycles. The van der Waals surface area contributed by atoms with Gasteiger partial charge in [-0.2, -0.15) is 4.72 Å². The van der Waals surface area contributed by atoms with Crippen molar-refractivity contribution in [2.75, 3.05) is 19.3 Å². The molecule has 106 valence electrons. The van der Waals surface area contributed by atoms with Gasteiger partial charge >= 0.3 is 0 Å². The number of nitrogens with zero attached hydrogens (tertiary/aromatic N) is 2. The predicted molar refractivity (Wildman–Crippen MR) is 71.7 cm³/mol. The van der Waals surface area contributed by atoms with Crippen LogP contribution >= 0.6 is 0 Å². The van der Waals surface area contributed by atoms with Gasteiger partial charge in [-0.1, -0.05) is 0 Å². The van der Waals surface area contributed by atoms with Crippen molar-refractivity contribution in [1.29, 1.82) is 0 Å². The number of nitrogens with one attached hydrogen (secondary N) is 1. The summed E-state index contributed by atoms with van der Waals surface area (Å²) in [6, 6.07) is 1.94. The first kappa shape index (κ1) is 15.4. The first-order valence-corrected chi connectivity index (χ1v) is 7.25. The van der Waals surface area contributed by atoms with E-state index in [0.29, 0.717) is 6.54 Å². The fraction of sp³-hybridized carbons (Fsp3) is 0.455. The van der Waals surface area contributed by atoms with Gasteiger partial charge in [-0.3, -0.25) is 4.79 Å². The molecule has 0 aromatic carbocycles. The van der Waals surface area contributed by atoms with E-state index in [-0.39, 0.29) is 16.6 Å². The van der Waals surface area contributed by atoms with E-state index >= 15 is 0 Å². The summed E-state index contributed by atoms with van der Waals surface area (Å²) in [4.78, 5) is 16.8. The number of carbonyl (C=O) groups excluding carboxylic acids is 1. The molecule has 0 aliphatic rings. The number of hydrogen-bond donors (Lipinski definition) is 2. The lowest BCUT2D eigenvalue weighted by atomic mass is 10.3. The maximum absolute atomic E-state index is 12.1. The van der Waals surface area contributed by atoms with Crippen LogP contribution in [0.4, 0.5) is 5.82 Å². The summed E-state index contributed by atoms with van der Waals surface area (Å²) >= 11 is 0. The lowest BCUT2D eigenvalue weighted by molar-refractivity contribution is -0.131. The minimum Gasteiger partial charge on any atom is -0.383 e. The lowest BCUT2D eigenvalue weighted by Crippen LogP contribution is -2.45. The minimum absolute atomic E-state index is 0.0986. The van der Waals surface area contributed by atoms with Crippen LogP contribution < -0.4 is 10.5 Å². The molecule has 3 N–H and O–H groups in total. The highest BCUT2D eigenvalue weighted by Crippen LogP contribution is 2.14. The Balaban J connectivity index is 2.93. The number of aromatic nitrogens is 1. The Morgan fingerprint density at radius 1 is 1.58 bits per heavy atom. The predicted octanol–water partition coefficient (Wildman–Crippen LogP) is -0.191. The van der Waals surface area contributed by atoms with Gasteiger partial charge in [0.25, 0.3) is 0 Å². The molecular weight excluding hydrogens is 268 g/mol. The highest BCUT2D eigenvalue weighted by molar-refractivity contribution is 7.89. The van der Waals surface area contributed by atoms with Crippen LogP contribution in [0.25, 0.3) is 0 Å². The summed E-state index contributed by atoms with van der Waals surface area (Å²) in [5.41, 5.74) is 5.52. The number of anilines is 1. The molecule has 1 heterocycles. The van der Waals surface area contributed by atoms with Crippen molar-refractivity contribution in [3.8, 4) is 0 Å². The van der Waals surface area contributed by atoms with Gasteiger partial charge in [-0.25, -0.2) is 13.4 Å². The molecule has 1 unspecified atom stereocenters. The van der Waals surface area contributed by atoms with Crippen molar-refractivity contribution in [2.24, 2.45) is 0 Å². The van der Waals surface area contributed by atoms with Crippen LogP contribution in [-0.4, -0.2) is 43.8 Å². The van der Waals surface area contributed by atoms with E-state index in [1.165, 1.54) is 30.2 Å². The molecule has 1 atom stereocenters. The molecule has 1 rings (SSSR count). The third-order valence-corrected chi connectivity index (χ3v) is 4.23. The standard InChI is InChI=1S/C11H18N4O3S/c1-4-15(3)11(16)8(2)14-19(17,18)9-6-5-7-13-10(9)12/h5-8,14H,4H2,1-3H3,(H2,12,13). The Hall–Kier alpha value is -1.67. The molecule has 1 amide bonds. The van der Waals surface area contributed by atoms with Crippen LogP contribution in [0.5, 0.6) is 0 Å². The Morgan fingerprint density at radius 3 is 2.74 bits per heavy atom. The van der Waals surface area contributed by atoms with E-state index in [2.05, 4.69) is 9.71 Å². The zero-order chi connectivity index (χ0) is 14.6. The quantitative estimate of drug-likeness (QED) is 0.780. The lowest BCUT2D eigenvalue weighted by Gasteiger charge is -2.20. The van der Waals surface area contributed by atoms with E-state index in [1.807, 2.05) is 0 Å². The number of rotatable bonds is 5.